The third kappa shape index (κ3) is 5.58. The summed E-state index contributed by atoms with van der Waals surface area (Å²) in [5, 5.41) is 12.2. The fourth-order valence-corrected chi connectivity index (χ4v) is 3.71. The Morgan fingerprint density at radius 3 is 2.58 bits per heavy atom. The zero-order chi connectivity index (χ0) is 20.9. The molecule has 168 valence electrons. The molecule has 2 N–H and O–H groups in total. The van der Waals surface area contributed by atoms with Crippen molar-refractivity contribution in [3.05, 3.63) is 53.8 Å². The maximum Gasteiger partial charge on any atom is 0.251 e. The number of amides is 1. The minimum absolute atomic E-state index is 0. The lowest BCUT2D eigenvalue weighted by Gasteiger charge is -2.38. The third-order valence-corrected chi connectivity index (χ3v) is 5.40. The first-order valence-corrected chi connectivity index (χ1v) is 10.2. The normalized spacial score (nSPS) is 18.3. The standard InChI is InChI=1S/C22H26FN3O4.ClH/c23-17-6-4-16(5-7-17)22(28)24-8-9-25-10-12-26(13-11-25)19-2-1-3-20-21(19)29-15-18(14-27)30-20;/h1-7,18,27H,8-15H2,(H,24,28);1H. The van der Waals surface area contributed by atoms with Gasteiger partial charge in [0.2, 0.25) is 0 Å². The predicted octanol–water partition coefficient (Wildman–Crippen LogP) is 1.93. The third-order valence-electron chi connectivity index (χ3n) is 5.40. The summed E-state index contributed by atoms with van der Waals surface area (Å²) >= 11 is 0. The Morgan fingerprint density at radius 2 is 1.87 bits per heavy atom. The largest absolute Gasteiger partial charge is 0.484 e. The summed E-state index contributed by atoms with van der Waals surface area (Å²) in [6.07, 6.45) is -0.324. The van der Waals surface area contributed by atoms with Gasteiger partial charge < -0.3 is 24.8 Å². The summed E-state index contributed by atoms with van der Waals surface area (Å²) < 4.78 is 24.6. The molecule has 4 rings (SSSR count). The molecule has 0 aromatic heterocycles. The monoisotopic (exact) mass is 451 g/mol. The van der Waals surface area contributed by atoms with Crippen LogP contribution in [0.1, 0.15) is 10.4 Å². The number of hydrogen-bond donors (Lipinski definition) is 2. The van der Waals surface area contributed by atoms with Crippen LogP contribution in [-0.2, 0) is 0 Å². The zero-order valence-corrected chi connectivity index (χ0v) is 17.9. The number of para-hydroxylation sites is 1. The van der Waals surface area contributed by atoms with Gasteiger partial charge in [0.15, 0.2) is 17.6 Å². The van der Waals surface area contributed by atoms with Crippen LogP contribution in [0.15, 0.2) is 42.5 Å². The molecule has 1 atom stereocenters. The van der Waals surface area contributed by atoms with Gasteiger partial charge >= 0.3 is 0 Å². The van der Waals surface area contributed by atoms with E-state index >= 15 is 0 Å². The highest BCUT2D eigenvalue weighted by Gasteiger charge is 2.26. The topological polar surface area (TPSA) is 74.3 Å². The second kappa shape index (κ2) is 10.7. The Balaban J connectivity index is 0.00000272. The van der Waals surface area contributed by atoms with E-state index in [9.17, 15) is 14.3 Å². The van der Waals surface area contributed by atoms with Crippen LogP contribution >= 0.6 is 12.4 Å². The molecule has 0 spiro atoms. The molecule has 1 amide bonds. The van der Waals surface area contributed by atoms with Crippen molar-refractivity contribution in [1.82, 2.24) is 10.2 Å². The summed E-state index contributed by atoms with van der Waals surface area (Å²) in [7, 11) is 0. The van der Waals surface area contributed by atoms with Gasteiger partial charge in [-0.15, -0.1) is 12.4 Å². The molecule has 2 heterocycles. The van der Waals surface area contributed by atoms with E-state index < -0.39 is 0 Å². The minimum atomic E-state index is -0.353. The van der Waals surface area contributed by atoms with Crippen molar-refractivity contribution in [1.29, 1.82) is 0 Å². The van der Waals surface area contributed by atoms with E-state index in [-0.39, 0.29) is 36.8 Å². The van der Waals surface area contributed by atoms with E-state index in [1.54, 1.807) is 0 Å². The molecule has 1 unspecified atom stereocenters. The lowest BCUT2D eigenvalue weighted by Crippen LogP contribution is -2.48. The number of hydrogen-bond acceptors (Lipinski definition) is 6. The highest BCUT2D eigenvalue weighted by Crippen LogP contribution is 2.40. The molecule has 2 aliphatic rings. The number of carbonyl (C=O) groups excluding carboxylic acids is 1. The Bertz CT molecular complexity index is 876. The number of anilines is 1. The van der Waals surface area contributed by atoms with E-state index in [4.69, 9.17) is 9.47 Å². The zero-order valence-electron chi connectivity index (χ0n) is 17.1. The van der Waals surface area contributed by atoms with Crippen molar-refractivity contribution < 1.29 is 23.8 Å². The summed E-state index contributed by atoms with van der Waals surface area (Å²) in [5.74, 6) is 0.864. The second-order valence-corrected chi connectivity index (χ2v) is 7.43. The molecule has 31 heavy (non-hydrogen) atoms. The van der Waals surface area contributed by atoms with Crippen LogP contribution in [0.4, 0.5) is 10.1 Å². The molecular weight excluding hydrogens is 425 g/mol. The van der Waals surface area contributed by atoms with Crippen molar-refractivity contribution in [3.63, 3.8) is 0 Å². The minimum Gasteiger partial charge on any atom is -0.484 e. The molecule has 9 heteroatoms. The number of piperazine rings is 1. The molecule has 2 aromatic rings. The summed E-state index contributed by atoms with van der Waals surface area (Å²) in [6.45, 7) is 4.99. The van der Waals surface area contributed by atoms with Crippen molar-refractivity contribution in [3.8, 4) is 11.5 Å². The van der Waals surface area contributed by atoms with Gasteiger partial charge in [-0.1, -0.05) is 6.07 Å². The number of fused-ring (bicyclic) bond motifs is 1. The van der Waals surface area contributed by atoms with Gasteiger partial charge in [0, 0.05) is 44.8 Å². The maximum absolute atomic E-state index is 13.0. The molecule has 2 aromatic carbocycles. The molecular formula is C22H27ClFN3O4. The number of nitrogens with one attached hydrogen (secondary N) is 1. The van der Waals surface area contributed by atoms with E-state index in [0.29, 0.717) is 24.5 Å². The van der Waals surface area contributed by atoms with Crippen molar-refractivity contribution in [2.24, 2.45) is 0 Å². The Hall–Kier alpha value is -2.55. The molecule has 0 saturated carbocycles. The fraction of sp³-hybridized carbons (Fsp3) is 0.409. The Labute approximate surface area is 187 Å². The van der Waals surface area contributed by atoms with Crippen LogP contribution in [0.25, 0.3) is 0 Å². The van der Waals surface area contributed by atoms with Gasteiger partial charge in [0.05, 0.1) is 12.3 Å². The van der Waals surface area contributed by atoms with Gasteiger partial charge in [-0.25, -0.2) is 4.39 Å². The number of benzene rings is 2. The van der Waals surface area contributed by atoms with Crippen LogP contribution in [0, 0.1) is 5.82 Å². The molecule has 1 fully saturated rings. The molecule has 7 nitrogen and oxygen atoms in total. The first-order chi connectivity index (χ1) is 14.6. The summed E-state index contributed by atoms with van der Waals surface area (Å²) in [5.41, 5.74) is 1.47. The van der Waals surface area contributed by atoms with E-state index in [0.717, 1.165) is 44.2 Å². The van der Waals surface area contributed by atoms with Crippen molar-refractivity contribution in [2.75, 3.05) is 57.4 Å². The highest BCUT2D eigenvalue weighted by atomic mass is 35.5. The SMILES string of the molecule is Cl.O=C(NCCN1CCN(c2cccc3c2OCC(CO)O3)CC1)c1ccc(F)cc1. The smallest absolute Gasteiger partial charge is 0.251 e. The van der Waals surface area contributed by atoms with E-state index in [1.165, 1.54) is 24.3 Å². The van der Waals surface area contributed by atoms with Crippen LogP contribution in [0.2, 0.25) is 0 Å². The number of rotatable bonds is 6. The van der Waals surface area contributed by atoms with Crippen LogP contribution in [-0.4, -0.2) is 74.5 Å². The van der Waals surface area contributed by atoms with Crippen molar-refractivity contribution in [2.45, 2.75) is 6.10 Å². The molecule has 0 radical (unpaired) electrons. The average molecular weight is 452 g/mol. The summed E-state index contributed by atoms with van der Waals surface area (Å²) in [4.78, 5) is 16.7. The molecule has 0 bridgehead atoms. The van der Waals surface area contributed by atoms with Gasteiger partial charge in [0.25, 0.3) is 5.91 Å². The van der Waals surface area contributed by atoms with Crippen LogP contribution < -0.4 is 19.7 Å². The number of aliphatic hydroxyl groups excluding tert-OH is 1. The average Bonchev–Trinajstić information content (AvgIpc) is 2.79. The quantitative estimate of drug-likeness (QED) is 0.699. The first kappa shape index (κ1) is 23.1. The lowest BCUT2D eigenvalue weighted by molar-refractivity contribution is 0.0459. The fourth-order valence-electron chi connectivity index (χ4n) is 3.71. The maximum atomic E-state index is 13.0. The summed E-state index contributed by atoms with van der Waals surface area (Å²) in [6, 6.07) is 11.4. The number of aliphatic hydroxyl groups is 1. The van der Waals surface area contributed by atoms with Gasteiger partial charge in [0.1, 0.15) is 12.4 Å². The number of halogens is 2. The second-order valence-electron chi connectivity index (χ2n) is 7.43. The first-order valence-electron chi connectivity index (χ1n) is 10.2. The van der Waals surface area contributed by atoms with E-state index in [1.807, 2.05) is 18.2 Å². The number of nitrogens with zero attached hydrogens (tertiary/aromatic N) is 2. The van der Waals surface area contributed by atoms with Gasteiger partial charge in [-0.05, 0) is 36.4 Å². The lowest BCUT2D eigenvalue weighted by atomic mass is 10.2. The number of ether oxygens (including phenoxy) is 2. The van der Waals surface area contributed by atoms with Gasteiger partial charge in [-0.2, -0.15) is 0 Å². The predicted molar refractivity (Wildman–Crippen MR) is 118 cm³/mol. The molecule has 2 aliphatic heterocycles. The van der Waals surface area contributed by atoms with Gasteiger partial charge in [-0.3, -0.25) is 9.69 Å². The van der Waals surface area contributed by atoms with E-state index in [2.05, 4.69) is 15.1 Å². The van der Waals surface area contributed by atoms with Crippen LogP contribution in [0.3, 0.4) is 0 Å². The molecule has 1 saturated heterocycles. The van der Waals surface area contributed by atoms with Crippen molar-refractivity contribution >= 4 is 24.0 Å². The number of carbonyl (C=O) groups is 1. The Morgan fingerprint density at radius 1 is 1.13 bits per heavy atom. The van der Waals surface area contributed by atoms with Crippen LogP contribution in [0.5, 0.6) is 11.5 Å². The Kier molecular flexibility index (Phi) is 7.95. The highest BCUT2D eigenvalue weighted by molar-refractivity contribution is 5.94. The molecule has 0 aliphatic carbocycles.